The first kappa shape index (κ1) is 13.2. The second-order valence-corrected chi connectivity index (χ2v) is 5.38. The van der Waals surface area contributed by atoms with Gasteiger partial charge >= 0.3 is 0 Å². The van der Waals surface area contributed by atoms with E-state index in [9.17, 15) is 4.79 Å². The van der Waals surface area contributed by atoms with Crippen molar-refractivity contribution in [2.75, 3.05) is 0 Å². The molecular formula is C14H11BrClNO. The zero-order chi connectivity index (χ0) is 13.1. The Kier molecular flexibility index (Phi) is 4.15. The fraction of sp³-hybridized carbons (Fsp3) is 0.143. The van der Waals surface area contributed by atoms with Crippen molar-refractivity contribution in [3.05, 3.63) is 62.8 Å². The number of ketones is 1. The summed E-state index contributed by atoms with van der Waals surface area (Å²) in [5, 5.41) is 0.625. The summed E-state index contributed by atoms with van der Waals surface area (Å²) >= 11 is 9.39. The first-order chi connectivity index (χ1) is 8.56. The summed E-state index contributed by atoms with van der Waals surface area (Å²) in [5.74, 6) is -0.0340. The zero-order valence-corrected chi connectivity index (χ0v) is 12.1. The smallest absolute Gasteiger partial charge is 0.185 e. The van der Waals surface area contributed by atoms with Gasteiger partial charge in [-0.1, -0.05) is 23.7 Å². The molecule has 0 saturated carbocycles. The van der Waals surface area contributed by atoms with Gasteiger partial charge in [-0.2, -0.15) is 0 Å². The summed E-state index contributed by atoms with van der Waals surface area (Å²) < 4.78 is 0.854. The Morgan fingerprint density at radius 2 is 2.11 bits per heavy atom. The van der Waals surface area contributed by atoms with E-state index in [0.29, 0.717) is 10.7 Å². The number of rotatable bonds is 3. The van der Waals surface area contributed by atoms with E-state index in [0.717, 1.165) is 15.6 Å². The summed E-state index contributed by atoms with van der Waals surface area (Å²) in [4.78, 5) is 16.1. The number of Topliss-reactive ketones (excluding diaryl/α,β-unsaturated/α-hetero) is 1. The van der Waals surface area contributed by atoms with Crippen LogP contribution in [0, 0.1) is 6.92 Å². The van der Waals surface area contributed by atoms with Crippen LogP contribution in [-0.4, -0.2) is 10.8 Å². The lowest BCUT2D eigenvalue weighted by Gasteiger charge is -2.04. The highest BCUT2D eigenvalue weighted by Crippen LogP contribution is 2.19. The maximum atomic E-state index is 12.0. The van der Waals surface area contributed by atoms with Gasteiger partial charge < -0.3 is 0 Å². The van der Waals surface area contributed by atoms with E-state index in [1.165, 1.54) is 0 Å². The van der Waals surface area contributed by atoms with Crippen molar-refractivity contribution >= 4 is 33.3 Å². The molecule has 4 heteroatoms. The molecule has 1 aromatic carbocycles. The van der Waals surface area contributed by atoms with Gasteiger partial charge in [0.05, 0.1) is 0 Å². The van der Waals surface area contributed by atoms with Crippen molar-refractivity contribution < 1.29 is 4.79 Å². The number of carbonyl (C=O) groups excluding carboxylic acids is 1. The van der Waals surface area contributed by atoms with Crippen LogP contribution in [0.3, 0.4) is 0 Å². The number of aryl methyl sites for hydroxylation is 1. The van der Waals surface area contributed by atoms with Crippen LogP contribution in [0.4, 0.5) is 0 Å². The Bertz CT molecular complexity index is 581. The third kappa shape index (κ3) is 3.18. The molecule has 0 spiro atoms. The monoisotopic (exact) mass is 323 g/mol. The molecule has 0 N–H and O–H groups in total. The van der Waals surface area contributed by atoms with Gasteiger partial charge in [-0.05, 0) is 52.2 Å². The van der Waals surface area contributed by atoms with Gasteiger partial charge in [-0.3, -0.25) is 9.78 Å². The van der Waals surface area contributed by atoms with Crippen molar-refractivity contribution in [2.45, 2.75) is 13.3 Å². The van der Waals surface area contributed by atoms with Crippen molar-refractivity contribution in [1.82, 2.24) is 4.98 Å². The average Bonchev–Trinajstić information content (AvgIpc) is 2.33. The van der Waals surface area contributed by atoms with E-state index in [1.807, 2.05) is 25.1 Å². The third-order valence-corrected chi connectivity index (χ3v) is 3.39. The molecule has 0 atom stereocenters. The average molecular weight is 325 g/mol. The fourth-order valence-electron chi connectivity index (χ4n) is 1.60. The minimum absolute atomic E-state index is 0.0340. The highest BCUT2D eigenvalue weighted by Gasteiger charge is 2.10. The molecule has 92 valence electrons. The van der Waals surface area contributed by atoms with Crippen LogP contribution >= 0.6 is 27.5 Å². The van der Waals surface area contributed by atoms with Gasteiger partial charge in [-0.15, -0.1) is 0 Å². The van der Waals surface area contributed by atoms with Gasteiger partial charge in [0.15, 0.2) is 5.78 Å². The maximum absolute atomic E-state index is 12.0. The molecule has 0 saturated heterocycles. The Morgan fingerprint density at radius 3 is 2.72 bits per heavy atom. The zero-order valence-electron chi connectivity index (χ0n) is 9.78. The van der Waals surface area contributed by atoms with E-state index < -0.39 is 0 Å². The van der Waals surface area contributed by atoms with Gasteiger partial charge in [0.1, 0.15) is 5.69 Å². The van der Waals surface area contributed by atoms with Crippen LogP contribution in [-0.2, 0) is 6.42 Å². The van der Waals surface area contributed by atoms with E-state index in [1.54, 1.807) is 18.3 Å². The van der Waals surface area contributed by atoms with Crippen LogP contribution in [0.15, 0.2) is 41.0 Å². The number of nitrogens with zero attached hydrogens (tertiary/aromatic N) is 1. The number of pyridine rings is 1. The molecule has 0 amide bonds. The number of hydrogen-bond acceptors (Lipinski definition) is 2. The van der Waals surface area contributed by atoms with E-state index >= 15 is 0 Å². The van der Waals surface area contributed by atoms with Crippen LogP contribution in [0.2, 0.25) is 5.02 Å². The van der Waals surface area contributed by atoms with Gasteiger partial charge in [-0.25, -0.2) is 0 Å². The number of hydrogen-bond donors (Lipinski definition) is 0. The maximum Gasteiger partial charge on any atom is 0.185 e. The predicted octanol–water partition coefficient (Wildman–Crippen LogP) is 4.23. The molecule has 2 rings (SSSR count). The van der Waals surface area contributed by atoms with Gasteiger partial charge in [0.25, 0.3) is 0 Å². The van der Waals surface area contributed by atoms with Crippen molar-refractivity contribution in [2.24, 2.45) is 0 Å². The van der Waals surface area contributed by atoms with E-state index in [-0.39, 0.29) is 12.2 Å². The molecule has 1 heterocycles. The third-order valence-electron chi connectivity index (χ3n) is 2.57. The van der Waals surface area contributed by atoms with Crippen molar-refractivity contribution in [1.29, 1.82) is 0 Å². The molecule has 0 unspecified atom stereocenters. The van der Waals surface area contributed by atoms with Crippen LogP contribution in [0.1, 0.15) is 21.6 Å². The van der Waals surface area contributed by atoms with Gasteiger partial charge in [0, 0.05) is 22.1 Å². The van der Waals surface area contributed by atoms with Crippen molar-refractivity contribution in [3.63, 3.8) is 0 Å². The summed E-state index contributed by atoms with van der Waals surface area (Å²) in [6, 6.07) is 9.20. The molecule has 2 aromatic rings. The summed E-state index contributed by atoms with van der Waals surface area (Å²) in [5.41, 5.74) is 2.37. The number of halogens is 2. The number of benzene rings is 1. The molecule has 0 fully saturated rings. The molecule has 0 aliphatic rings. The number of carbonyl (C=O) groups is 1. The highest BCUT2D eigenvalue weighted by molar-refractivity contribution is 9.10. The Morgan fingerprint density at radius 1 is 1.33 bits per heavy atom. The first-order valence-electron chi connectivity index (χ1n) is 5.46. The van der Waals surface area contributed by atoms with Gasteiger partial charge in [0.2, 0.25) is 0 Å². The second kappa shape index (κ2) is 5.63. The molecule has 0 radical (unpaired) electrons. The van der Waals surface area contributed by atoms with Crippen LogP contribution in [0.5, 0.6) is 0 Å². The Hall–Kier alpha value is -1.19. The predicted molar refractivity (Wildman–Crippen MR) is 76.2 cm³/mol. The van der Waals surface area contributed by atoms with Crippen LogP contribution in [0.25, 0.3) is 0 Å². The fourth-order valence-corrected chi connectivity index (χ4v) is 2.14. The molecular weight excluding hydrogens is 314 g/mol. The van der Waals surface area contributed by atoms with E-state index in [2.05, 4.69) is 20.9 Å². The topological polar surface area (TPSA) is 30.0 Å². The Balaban J connectivity index is 2.18. The minimum atomic E-state index is -0.0340. The van der Waals surface area contributed by atoms with E-state index in [4.69, 9.17) is 11.6 Å². The Labute approximate surface area is 119 Å². The molecule has 0 bridgehead atoms. The normalized spacial score (nSPS) is 10.4. The molecule has 0 aliphatic heterocycles. The summed E-state index contributed by atoms with van der Waals surface area (Å²) in [7, 11) is 0. The van der Waals surface area contributed by atoms with Crippen molar-refractivity contribution in [3.8, 4) is 0 Å². The molecule has 2 nitrogen and oxygen atoms in total. The lowest BCUT2D eigenvalue weighted by Crippen LogP contribution is -2.06. The quantitative estimate of drug-likeness (QED) is 0.791. The molecule has 1 aromatic heterocycles. The highest BCUT2D eigenvalue weighted by atomic mass is 79.9. The first-order valence-corrected chi connectivity index (χ1v) is 6.63. The number of aromatic nitrogens is 1. The van der Waals surface area contributed by atoms with Crippen LogP contribution < -0.4 is 0 Å². The lowest BCUT2D eigenvalue weighted by atomic mass is 10.1. The lowest BCUT2D eigenvalue weighted by molar-refractivity contribution is 0.0988. The minimum Gasteiger partial charge on any atom is -0.292 e. The SMILES string of the molecule is Cc1ccc(CC(=O)c2ccc(Br)cn2)c(Cl)c1. The second-order valence-electron chi connectivity index (χ2n) is 4.06. The largest absolute Gasteiger partial charge is 0.292 e. The summed E-state index contributed by atoms with van der Waals surface area (Å²) in [6.07, 6.45) is 1.89. The standard InChI is InChI=1S/C14H11BrClNO/c1-9-2-3-10(12(16)6-9)7-14(18)13-5-4-11(15)8-17-13/h2-6,8H,7H2,1H3. The molecule has 0 aliphatic carbocycles. The molecule has 18 heavy (non-hydrogen) atoms. The summed E-state index contributed by atoms with van der Waals surface area (Å²) in [6.45, 7) is 1.97.